The van der Waals surface area contributed by atoms with Crippen molar-refractivity contribution in [1.29, 1.82) is 0 Å². The summed E-state index contributed by atoms with van der Waals surface area (Å²) in [5.41, 5.74) is 2.42. The van der Waals surface area contributed by atoms with Crippen LogP contribution in [0, 0.1) is 13.8 Å². The van der Waals surface area contributed by atoms with Gasteiger partial charge in [0.25, 0.3) is 0 Å². The number of ether oxygens (including phenoxy) is 1. The Balaban J connectivity index is 1.71. The minimum atomic E-state index is 0.660. The third-order valence-electron chi connectivity index (χ3n) is 2.93. The van der Waals surface area contributed by atoms with E-state index in [2.05, 4.69) is 23.7 Å². The van der Waals surface area contributed by atoms with Crippen LogP contribution in [0.2, 0.25) is 5.02 Å². The molecule has 1 N–H and O–H groups in total. The van der Waals surface area contributed by atoms with Gasteiger partial charge in [0.1, 0.15) is 12.4 Å². The molecule has 2 rings (SSSR count). The Kier molecular flexibility index (Phi) is 5.25. The molecule has 1 aromatic heterocycles. The summed E-state index contributed by atoms with van der Waals surface area (Å²) in [6.45, 7) is 6.55. The van der Waals surface area contributed by atoms with Gasteiger partial charge < -0.3 is 10.1 Å². The summed E-state index contributed by atoms with van der Waals surface area (Å²) < 4.78 is 5.72. The van der Waals surface area contributed by atoms with Crippen molar-refractivity contribution in [3.63, 3.8) is 0 Å². The number of hydrogen-bond acceptors (Lipinski definition) is 3. The lowest BCUT2D eigenvalue weighted by Gasteiger charge is -2.10. The van der Waals surface area contributed by atoms with Crippen LogP contribution < -0.4 is 10.1 Å². The summed E-state index contributed by atoms with van der Waals surface area (Å²) in [7, 11) is 0. The van der Waals surface area contributed by atoms with Crippen molar-refractivity contribution in [2.24, 2.45) is 0 Å². The van der Waals surface area contributed by atoms with Crippen LogP contribution >= 0.6 is 22.9 Å². The second-order valence-electron chi connectivity index (χ2n) is 4.46. The Morgan fingerprint density at radius 1 is 1.21 bits per heavy atom. The molecule has 4 heteroatoms. The van der Waals surface area contributed by atoms with E-state index in [1.165, 1.54) is 10.4 Å². The molecule has 2 aromatic rings. The highest BCUT2D eigenvalue weighted by Gasteiger charge is 2.01. The number of aryl methyl sites for hydroxylation is 2. The van der Waals surface area contributed by atoms with Gasteiger partial charge in [0.05, 0.1) is 0 Å². The van der Waals surface area contributed by atoms with E-state index in [1.54, 1.807) is 11.3 Å². The molecule has 0 aliphatic heterocycles. The molecule has 0 spiro atoms. The molecule has 19 heavy (non-hydrogen) atoms. The number of halogens is 1. The lowest BCUT2D eigenvalue weighted by Crippen LogP contribution is -2.20. The van der Waals surface area contributed by atoms with Crippen molar-refractivity contribution in [2.45, 2.75) is 20.4 Å². The fraction of sp³-hybridized carbons (Fsp3) is 0.333. The van der Waals surface area contributed by atoms with Crippen molar-refractivity contribution in [1.82, 2.24) is 5.32 Å². The molecule has 0 aliphatic carbocycles. The van der Waals surface area contributed by atoms with Gasteiger partial charge in [-0.25, -0.2) is 0 Å². The fourth-order valence-electron chi connectivity index (χ4n) is 1.80. The van der Waals surface area contributed by atoms with E-state index in [1.807, 2.05) is 25.1 Å². The minimum Gasteiger partial charge on any atom is -0.492 e. The van der Waals surface area contributed by atoms with Crippen molar-refractivity contribution >= 4 is 22.9 Å². The standard InChI is InChI=1S/C15H18ClNOS/c1-11-5-8-19-15(11)10-17-6-7-18-14-4-3-13(16)9-12(14)2/h3-5,8-9,17H,6-7,10H2,1-2H3. The van der Waals surface area contributed by atoms with E-state index in [4.69, 9.17) is 16.3 Å². The Morgan fingerprint density at radius 3 is 2.74 bits per heavy atom. The summed E-state index contributed by atoms with van der Waals surface area (Å²) in [6.07, 6.45) is 0. The summed E-state index contributed by atoms with van der Waals surface area (Å²) >= 11 is 7.70. The monoisotopic (exact) mass is 295 g/mol. The second kappa shape index (κ2) is 6.94. The van der Waals surface area contributed by atoms with Crippen molar-refractivity contribution in [2.75, 3.05) is 13.2 Å². The summed E-state index contributed by atoms with van der Waals surface area (Å²) in [5.74, 6) is 0.901. The highest BCUT2D eigenvalue weighted by molar-refractivity contribution is 7.10. The van der Waals surface area contributed by atoms with Crippen LogP contribution in [0.1, 0.15) is 16.0 Å². The van der Waals surface area contributed by atoms with E-state index in [9.17, 15) is 0 Å². The first-order chi connectivity index (χ1) is 9.16. The Bertz CT molecular complexity index is 539. The molecular formula is C15H18ClNOS. The maximum atomic E-state index is 5.91. The largest absolute Gasteiger partial charge is 0.492 e. The average Bonchev–Trinajstić information content (AvgIpc) is 2.77. The molecular weight excluding hydrogens is 278 g/mol. The van der Waals surface area contributed by atoms with Gasteiger partial charge in [0, 0.05) is 23.0 Å². The normalized spacial score (nSPS) is 10.7. The first kappa shape index (κ1) is 14.4. The average molecular weight is 296 g/mol. The maximum absolute atomic E-state index is 5.91. The van der Waals surface area contributed by atoms with Crippen molar-refractivity contribution < 1.29 is 4.74 Å². The van der Waals surface area contributed by atoms with Crippen molar-refractivity contribution in [3.05, 3.63) is 50.7 Å². The predicted octanol–water partition coefficient (Wildman–Crippen LogP) is 4.19. The number of hydrogen-bond donors (Lipinski definition) is 1. The van der Waals surface area contributed by atoms with Crippen LogP contribution in [-0.2, 0) is 6.54 Å². The molecule has 2 nitrogen and oxygen atoms in total. The number of benzene rings is 1. The topological polar surface area (TPSA) is 21.3 Å². The minimum absolute atomic E-state index is 0.660. The highest BCUT2D eigenvalue weighted by atomic mass is 35.5. The quantitative estimate of drug-likeness (QED) is 0.807. The molecule has 0 saturated heterocycles. The van der Waals surface area contributed by atoms with E-state index < -0.39 is 0 Å². The van der Waals surface area contributed by atoms with Crippen LogP contribution in [0.15, 0.2) is 29.6 Å². The van der Waals surface area contributed by atoms with Crippen LogP contribution in [-0.4, -0.2) is 13.2 Å². The van der Waals surface area contributed by atoms with Gasteiger partial charge in [0.15, 0.2) is 0 Å². The predicted molar refractivity (Wildman–Crippen MR) is 82.4 cm³/mol. The third kappa shape index (κ3) is 4.23. The summed E-state index contributed by atoms with van der Waals surface area (Å²) in [6, 6.07) is 7.84. The number of nitrogens with one attached hydrogen (secondary N) is 1. The van der Waals surface area contributed by atoms with Crippen LogP contribution in [0.3, 0.4) is 0 Å². The van der Waals surface area contributed by atoms with Gasteiger partial charge in [-0.2, -0.15) is 0 Å². The molecule has 0 unspecified atom stereocenters. The van der Waals surface area contributed by atoms with Gasteiger partial charge in [-0.3, -0.25) is 0 Å². The fourth-order valence-corrected chi connectivity index (χ4v) is 2.90. The SMILES string of the molecule is Cc1cc(Cl)ccc1OCCNCc1sccc1C. The molecule has 102 valence electrons. The third-order valence-corrected chi connectivity index (χ3v) is 4.19. The summed E-state index contributed by atoms with van der Waals surface area (Å²) in [4.78, 5) is 1.39. The maximum Gasteiger partial charge on any atom is 0.122 e. The highest BCUT2D eigenvalue weighted by Crippen LogP contribution is 2.21. The first-order valence-electron chi connectivity index (χ1n) is 6.29. The summed E-state index contributed by atoms with van der Waals surface area (Å²) in [5, 5.41) is 6.26. The molecule has 0 amide bonds. The van der Waals surface area contributed by atoms with Crippen molar-refractivity contribution in [3.8, 4) is 5.75 Å². The van der Waals surface area contributed by atoms with E-state index in [-0.39, 0.29) is 0 Å². The molecule has 0 fully saturated rings. The number of thiophene rings is 1. The van der Waals surface area contributed by atoms with Gasteiger partial charge in [-0.1, -0.05) is 11.6 Å². The number of rotatable bonds is 6. The Morgan fingerprint density at radius 2 is 2.05 bits per heavy atom. The molecule has 1 heterocycles. The zero-order valence-corrected chi connectivity index (χ0v) is 12.8. The first-order valence-corrected chi connectivity index (χ1v) is 7.55. The smallest absolute Gasteiger partial charge is 0.122 e. The molecule has 0 bridgehead atoms. The molecule has 0 atom stereocenters. The zero-order chi connectivity index (χ0) is 13.7. The Labute approximate surface area is 123 Å². The Hall–Kier alpha value is -1.03. The zero-order valence-electron chi connectivity index (χ0n) is 11.2. The van der Waals surface area contributed by atoms with Crippen LogP contribution in [0.4, 0.5) is 0 Å². The van der Waals surface area contributed by atoms with E-state index >= 15 is 0 Å². The molecule has 0 radical (unpaired) electrons. The lowest BCUT2D eigenvalue weighted by molar-refractivity contribution is 0.312. The van der Waals surface area contributed by atoms with Crippen LogP contribution in [0.5, 0.6) is 5.75 Å². The molecule has 1 aromatic carbocycles. The van der Waals surface area contributed by atoms with Gasteiger partial charge in [0.2, 0.25) is 0 Å². The second-order valence-corrected chi connectivity index (χ2v) is 5.90. The van der Waals surface area contributed by atoms with E-state index in [0.717, 1.165) is 29.4 Å². The molecule has 0 aliphatic rings. The molecule has 0 saturated carbocycles. The van der Waals surface area contributed by atoms with E-state index in [0.29, 0.717) is 6.61 Å². The van der Waals surface area contributed by atoms with Crippen LogP contribution in [0.25, 0.3) is 0 Å². The lowest BCUT2D eigenvalue weighted by atomic mass is 10.2. The van der Waals surface area contributed by atoms with Gasteiger partial charge >= 0.3 is 0 Å². The van der Waals surface area contributed by atoms with Gasteiger partial charge in [-0.05, 0) is 54.6 Å². The van der Waals surface area contributed by atoms with Gasteiger partial charge in [-0.15, -0.1) is 11.3 Å².